The Balaban J connectivity index is 0.000000211. The normalized spacial score (nSPS) is 21.6. The van der Waals surface area contributed by atoms with Gasteiger partial charge in [0, 0.05) is 42.6 Å². The van der Waals surface area contributed by atoms with Crippen molar-refractivity contribution in [3.63, 3.8) is 0 Å². The van der Waals surface area contributed by atoms with Crippen LogP contribution in [0.1, 0.15) is 42.6 Å². The van der Waals surface area contributed by atoms with Gasteiger partial charge in [0.05, 0.1) is 13.1 Å². The number of para-hydroxylation sites is 2. The van der Waals surface area contributed by atoms with E-state index in [1.165, 1.54) is 18.2 Å². The Morgan fingerprint density at radius 2 is 1.49 bits per heavy atom. The Labute approximate surface area is 231 Å². The van der Waals surface area contributed by atoms with Crippen molar-refractivity contribution in [2.75, 3.05) is 31.5 Å². The molecule has 6 heteroatoms. The fourth-order valence-electron chi connectivity index (χ4n) is 5.44. The number of aryl methyl sites for hydroxylation is 1. The first-order valence-electron chi connectivity index (χ1n) is 13.0. The van der Waals surface area contributed by atoms with Gasteiger partial charge in [-0.3, -0.25) is 9.59 Å². The minimum Gasteiger partial charge on any atom is -1.00 e. The van der Waals surface area contributed by atoms with Gasteiger partial charge < -0.3 is 31.5 Å². The molecular formula is C31H37BrN2O3. The Hall–Kier alpha value is -2.96. The fourth-order valence-corrected chi connectivity index (χ4v) is 5.44. The molecule has 3 fully saturated rings. The minimum absolute atomic E-state index is 0. The molecule has 5 nitrogen and oxygen atoms in total. The summed E-state index contributed by atoms with van der Waals surface area (Å²) in [6.07, 6.45) is 3.16. The first-order valence-corrected chi connectivity index (χ1v) is 13.0. The molecule has 3 heterocycles. The Morgan fingerprint density at radius 1 is 0.892 bits per heavy atom. The molecule has 196 valence electrons. The second kappa shape index (κ2) is 13.5. The number of piperidine rings is 3. The predicted octanol–water partition coefficient (Wildman–Crippen LogP) is 3.04. The maximum Gasteiger partial charge on any atom is 0.303 e. The van der Waals surface area contributed by atoms with Gasteiger partial charge in [-0.15, -0.1) is 0 Å². The molecule has 6 rings (SSSR count). The van der Waals surface area contributed by atoms with Gasteiger partial charge >= 0.3 is 5.97 Å². The molecule has 0 radical (unpaired) electrons. The maximum absolute atomic E-state index is 12.5. The van der Waals surface area contributed by atoms with Crippen LogP contribution in [0, 0.1) is 5.92 Å². The van der Waals surface area contributed by atoms with Crippen molar-refractivity contribution in [3.05, 3.63) is 96.1 Å². The largest absolute Gasteiger partial charge is 1.00 e. The number of nitrogens with zero attached hydrogens (tertiary/aromatic N) is 1. The third-order valence-corrected chi connectivity index (χ3v) is 7.38. The number of rotatable bonds is 7. The van der Waals surface area contributed by atoms with Crippen LogP contribution >= 0.6 is 0 Å². The fraction of sp³-hybridized carbons (Fsp3) is 0.355. The van der Waals surface area contributed by atoms with E-state index in [-0.39, 0.29) is 34.8 Å². The molecule has 3 aromatic carbocycles. The molecule has 3 aliphatic heterocycles. The van der Waals surface area contributed by atoms with Gasteiger partial charge in [-0.2, -0.15) is 0 Å². The number of halogens is 1. The highest BCUT2D eigenvalue weighted by Gasteiger charge is 2.48. The zero-order valence-corrected chi connectivity index (χ0v) is 23.3. The van der Waals surface area contributed by atoms with Gasteiger partial charge in [0.2, 0.25) is 5.78 Å². The van der Waals surface area contributed by atoms with E-state index in [1.807, 2.05) is 48.5 Å². The molecule has 3 aromatic rings. The summed E-state index contributed by atoms with van der Waals surface area (Å²) in [6, 6.07) is 28.1. The third-order valence-electron chi connectivity index (χ3n) is 7.38. The monoisotopic (exact) mass is 564 g/mol. The number of nitrogens with one attached hydrogen (secondary N) is 1. The van der Waals surface area contributed by atoms with Crippen molar-refractivity contribution in [2.45, 2.75) is 39.2 Å². The summed E-state index contributed by atoms with van der Waals surface area (Å²) in [5.74, 6) is 0.472. The van der Waals surface area contributed by atoms with Crippen LogP contribution in [0.2, 0.25) is 0 Å². The second-order valence-corrected chi connectivity index (χ2v) is 9.91. The lowest BCUT2D eigenvalue weighted by molar-refractivity contribution is -0.938. The van der Waals surface area contributed by atoms with Crippen molar-refractivity contribution < 1.29 is 35.8 Å². The number of fused-ring (bicyclic) bond motifs is 3. The van der Waals surface area contributed by atoms with Crippen LogP contribution in [0.15, 0.2) is 84.9 Å². The number of hydrogen-bond acceptors (Lipinski definition) is 4. The number of benzene rings is 3. The van der Waals surface area contributed by atoms with Crippen molar-refractivity contribution in [1.82, 2.24) is 0 Å². The van der Waals surface area contributed by atoms with E-state index in [0.717, 1.165) is 54.6 Å². The number of ether oxygens (including phenoxy) is 1. The van der Waals surface area contributed by atoms with Gasteiger partial charge in [0.25, 0.3) is 0 Å². The first kappa shape index (κ1) is 28.6. The van der Waals surface area contributed by atoms with Crippen LogP contribution in [0.5, 0.6) is 0 Å². The molecule has 0 aliphatic carbocycles. The SMILES string of the molecule is CC(=O)OC1C[N+]2(CC(=O)c3ccccc3)CCC1CC2.CCc1ccccc1Nc1ccccc1.[Br-]. The number of carbonyl (C=O) groups is 2. The van der Waals surface area contributed by atoms with Crippen LogP contribution in [-0.4, -0.2) is 48.5 Å². The molecule has 3 aliphatic rings. The number of carbonyl (C=O) groups excluding carboxylic acids is 2. The molecule has 0 saturated carbocycles. The minimum atomic E-state index is -0.207. The molecule has 3 saturated heterocycles. The van der Waals surface area contributed by atoms with Crippen LogP contribution in [0.4, 0.5) is 11.4 Å². The van der Waals surface area contributed by atoms with Crippen LogP contribution < -0.4 is 22.3 Å². The third kappa shape index (κ3) is 7.76. The summed E-state index contributed by atoms with van der Waals surface area (Å²) in [7, 11) is 0. The van der Waals surface area contributed by atoms with Gasteiger partial charge in [-0.05, 0) is 30.2 Å². The lowest BCUT2D eigenvalue weighted by Crippen LogP contribution is -3.00. The van der Waals surface area contributed by atoms with E-state index in [9.17, 15) is 9.59 Å². The van der Waals surface area contributed by atoms with Gasteiger partial charge in [0.1, 0.15) is 13.1 Å². The van der Waals surface area contributed by atoms with Crippen LogP contribution in [0.3, 0.4) is 0 Å². The average Bonchev–Trinajstić information content (AvgIpc) is 2.90. The van der Waals surface area contributed by atoms with Crippen molar-refractivity contribution >= 4 is 23.1 Å². The van der Waals surface area contributed by atoms with Gasteiger partial charge in [-0.1, -0.05) is 73.7 Å². The van der Waals surface area contributed by atoms with Crippen LogP contribution in [0.25, 0.3) is 0 Å². The zero-order chi connectivity index (χ0) is 25.4. The summed E-state index contributed by atoms with van der Waals surface area (Å²) in [5, 5.41) is 3.42. The van der Waals surface area contributed by atoms with Crippen molar-refractivity contribution in [2.24, 2.45) is 5.92 Å². The van der Waals surface area contributed by atoms with Crippen LogP contribution in [-0.2, 0) is 16.0 Å². The predicted molar refractivity (Wildman–Crippen MR) is 144 cm³/mol. The summed E-state index contributed by atoms with van der Waals surface area (Å²) in [4.78, 5) is 23.7. The highest BCUT2D eigenvalue weighted by molar-refractivity contribution is 5.96. The second-order valence-electron chi connectivity index (χ2n) is 9.91. The summed E-state index contributed by atoms with van der Waals surface area (Å²) >= 11 is 0. The molecule has 37 heavy (non-hydrogen) atoms. The first-order chi connectivity index (χ1) is 17.5. The van der Waals surface area contributed by atoms with E-state index in [2.05, 4.69) is 48.6 Å². The summed E-state index contributed by atoms with van der Waals surface area (Å²) in [6.45, 7) is 7.02. The van der Waals surface area contributed by atoms with Crippen molar-refractivity contribution in [3.8, 4) is 0 Å². The molecule has 1 atom stereocenters. The smallest absolute Gasteiger partial charge is 0.303 e. The topological polar surface area (TPSA) is 55.4 Å². The molecule has 0 amide bonds. The number of anilines is 2. The van der Waals surface area contributed by atoms with Gasteiger partial charge in [0.15, 0.2) is 6.10 Å². The van der Waals surface area contributed by atoms with E-state index in [0.29, 0.717) is 12.5 Å². The molecule has 0 aromatic heterocycles. The number of hydrogen-bond donors (Lipinski definition) is 1. The molecular weight excluding hydrogens is 528 g/mol. The molecule has 0 spiro atoms. The molecule has 2 bridgehead atoms. The van der Waals surface area contributed by atoms with E-state index in [1.54, 1.807) is 0 Å². The van der Waals surface area contributed by atoms with Crippen molar-refractivity contribution in [1.29, 1.82) is 0 Å². The number of Topliss-reactive ketones (excluding diaryl/α,β-unsaturated/α-hetero) is 1. The standard InChI is InChI=1S/C17H22NO3.C14H15N.BrH/c1-13(19)21-17-12-18(9-7-15(17)8-10-18)11-16(20)14-5-3-2-4-6-14;1-2-12-8-6-7-11-14(12)15-13-9-4-3-5-10-13;/h2-6,15,17H,7-12H2,1H3;3-11,15H,2H2,1H3;1H/q+1;;/p-1. The van der Waals surface area contributed by atoms with Gasteiger partial charge in [-0.25, -0.2) is 0 Å². The van der Waals surface area contributed by atoms with E-state index >= 15 is 0 Å². The number of ketones is 1. The zero-order valence-electron chi connectivity index (χ0n) is 21.7. The quantitative estimate of drug-likeness (QED) is 0.272. The molecule has 1 unspecified atom stereocenters. The molecule has 1 N–H and O–H groups in total. The highest BCUT2D eigenvalue weighted by atomic mass is 79.9. The Bertz CT molecular complexity index is 1150. The van der Waals surface area contributed by atoms with E-state index < -0.39 is 0 Å². The number of esters is 1. The summed E-state index contributed by atoms with van der Waals surface area (Å²) in [5.41, 5.74) is 4.47. The lowest BCUT2D eigenvalue weighted by Gasteiger charge is -2.51. The lowest BCUT2D eigenvalue weighted by atomic mass is 9.83. The van der Waals surface area contributed by atoms with E-state index in [4.69, 9.17) is 4.74 Å². The Morgan fingerprint density at radius 3 is 2.11 bits per heavy atom. The average molecular weight is 566 g/mol. The highest BCUT2D eigenvalue weighted by Crippen LogP contribution is 2.35. The number of quaternary nitrogens is 1. The maximum atomic E-state index is 12.5. The summed E-state index contributed by atoms with van der Waals surface area (Å²) < 4.78 is 6.25. The Kier molecular flexibility index (Phi) is 10.5.